The minimum atomic E-state index is -4.19. The van der Waals surface area contributed by atoms with Crippen molar-refractivity contribution in [3.63, 3.8) is 0 Å². The second kappa shape index (κ2) is 5.96. The van der Waals surface area contributed by atoms with Gasteiger partial charge in [0.2, 0.25) is 9.84 Å². The van der Waals surface area contributed by atoms with Gasteiger partial charge < -0.3 is 9.64 Å². The number of carbonyl (C=O) groups excluding carboxylic acids is 1. The maximum Gasteiger partial charge on any atom is 0.351 e. The molecule has 0 aromatic heterocycles. The SMILES string of the molecule is COC(=O)C1=CN(c2ccc(C)c(F)c2)c2cc(F)ccc2S1(=O)=O. The van der Waals surface area contributed by atoms with Gasteiger partial charge >= 0.3 is 5.97 Å². The summed E-state index contributed by atoms with van der Waals surface area (Å²) < 4.78 is 57.4. The number of carbonyl (C=O) groups is 1. The smallest absolute Gasteiger partial charge is 0.351 e. The van der Waals surface area contributed by atoms with Crippen LogP contribution in [0.1, 0.15) is 5.56 Å². The van der Waals surface area contributed by atoms with E-state index in [2.05, 4.69) is 4.74 Å². The van der Waals surface area contributed by atoms with E-state index < -0.39 is 32.3 Å². The highest BCUT2D eigenvalue weighted by Gasteiger charge is 2.36. The Kier molecular flexibility index (Phi) is 4.08. The summed E-state index contributed by atoms with van der Waals surface area (Å²) in [6, 6.07) is 7.26. The van der Waals surface area contributed by atoms with E-state index in [1.165, 1.54) is 23.1 Å². The number of ether oxygens (including phenoxy) is 1. The molecule has 0 N–H and O–H groups in total. The number of hydrogen-bond acceptors (Lipinski definition) is 5. The van der Waals surface area contributed by atoms with E-state index >= 15 is 0 Å². The monoisotopic (exact) mass is 365 g/mol. The zero-order chi connectivity index (χ0) is 18.4. The summed E-state index contributed by atoms with van der Waals surface area (Å²) in [5, 5.41) is 0. The first-order valence-corrected chi connectivity index (χ1v) is 8.64. The first kappa shape index (κ1) is 17.1. The topological polar surface area (TPSA) is 63.7 Å². The van der Waals surface area contributed by atoms with Gasteiger partial charge in [0, 0.05) is 11.9 Å². The van der Waals surface area contributed by atoms with E-state index in [4.69, 9.17) is 0 Å². The van der Waals surface area contributed by atoms with Crippen molar-refractivity contribution in [2.75, 3.05) is 12.0 Å². The van der Waals surface area contributed by atoms with E-state index in [1.807, 2.05) is 0 Å². The molecule has 1 aliphatic heterocycles. The lowest BCUT2D eigenvalue weighted by atomic mass is 10.2. The summed E-state index contributed by atoms with van der Waals surface area (Å²) in [4.78, 5) is 12.3. The molecule has 1 heterocycles. The van der Waals surface area contributed by atoms with Crippen molar-refractivity contribution in [1.82, 2.24) is 0 Å². The fraction of sp³-hybridized carbons (Fsp3) is 0.118. The molecule has 0 radical (unpaired) electrons. The number of hydrogen-bond donors (Lipinski definition) is 0. The van der Waals surface area contributed by atoms with E-state index in [1.54, 1.807) is 6.92 Å². The van der Waals surface area contributed by atoms with Crippen molar-refractivity contribution < 1.29 is 26.7 Å². The Bertz CT molecular complexity index is 1020. The Labute approximate surface area is 143 Å². The molecule has 1 aliphatic rings. The van der Waals surface area contributed by atoms with Crippen LogP contribution in [0.5, 0.6) is 0 Å². The van der Waals surface area contributed by atoms with Crippen LogP contribution in [0.15, 0.2) is 52.4 Å². The maximum atomic E-state index is 13.9. The highest BCUT2D eigenvalue weighted by Crippen LogP contribution is 2.40. The highest BCUT2D eigenvalue weighted by atomic mass is 32.2. The predicted octanol–water partition coefficient (Wildman–Crippen LogP) is 3.21. The number of methoxy groups -OCH3 is 1. The molecule has 0 unspecified atom stereocenters. The van der Waals surface area contributed by atoms with Crippen molar-refractivity contribution in [3.05, 3.63) is 64.7 Å². The molecule has 2 aromatic rings. The lowest BCUT2D eigenvalue weighted by molar-refractivity contribution is -0.135. The molecular formula is C17H13F2NO4S. The number of fused-ring (bicyclic) bond motifs is 1. The van der Waals surface area contributed by atoms with E-state index in [-0.39, 0.29) is 16.3 Å². The molecule has 2 aromatic carbocycles. The Hall–Kier alpha value is -2.74. The molecule has 0 amide bonds. The molecule has 0 fully saturated rings. The van der Waals surface area contributed by atoms with Crippen molar-refractivity contribution in [1.29, 1.82) is 0 Å². The van der Waals surface area contributed by atoms with Gasteiger partial charge in [0.1, 0.15) is 11.6 Å². The zero-order valence-corrected chi connectivity index (χ0v) is 14.1. The van der Waals surface area contributed by atoms with Crippen LogP contribution in [0.3, 0.4) is 0 Å². The summed E-state index contributed by atoms with van der Waals surface area (Å²) >= 11 is 0. The Morgan fingerprint density at radius 2 is 1.84 bits per heavy atom. The van der Waals surface area contributed by atoms with Gasteiger partial charge in [-0.2, -0.15) is 0 Å². The molecule has 25 heavy (non-hydrogen) atoms. The third kappa shape index (κ3) is 2.78. The second-order valence-corrected chi connectivity index (χ2v) is 7.29. The van der Waals surface area contributed by atoms with Crippen LogP contribution >= 0.6 is 0 Å². The number of anilines is 2. The average Bonchev–Trinajstić information content (AvgIpc) is 2.56. The molecule has 130 valence electrons. The number of benzene rings is 2. The summed E-state index contributed by atoms with van der Waals surface area (Å²) in [5.74, 6) is -2.24. The van der Waals surface area contributed by atoms with Crippen LogP contribution in [0.25, 0.3) is 0 Å². The van der Waals surface area contributed by atoms with E-state index in [0.717, 1.165) is 31.5 Å². The first-order chi connectivity index (χ1) is 11.8. The molecule has 8 heteroatoms. The van der Waals surface area contributed by atoms with Gasteiger partial charge in [0.25, 0.3) is 0 Å². The lowest BCUT2D eigenvalue weighted by Crippen LogP contribution is -2.26. The summed E-state index contributed by atoms with van der Waals surface area (Å²) in [6.07, 6.45) is 1.01. The van der Waals surface area contributed by atoms with Crippen LogP contribution in [0.4, 0.5) is 20.2 Å². The van der Waals surface area contributed by atoms with Crippen LogP contribution in [-0.4, -0.2) is 21.5 Å². The minimum Gasteiger partial charge on any atom is -0.465 e. The van der Waals surface area contributed by atoms with Gasteiger partial charge in [-0.05, 0) is 42.8 Å². The summed E-state index contributed by atoms with van der Waals surface area (Å²) in [5.41, 5.74) is 0.618. The Morgan fingerprint density at radius 1 is 1.12 bits per heavy atom. The summed E-state index contributed by atoms with van der Waals surface area (Å²) in [7, 11) is -3.14. The highest BCUT2D eigenvalue weighted by molar-refractivity contribution is 7.96. The van der Waals surface area contributed by atoms with Gasteiger partial charge in [0.05, 0.1) is 17.7 Å². The molecule has 0 atom stereocenters. The van der Waals surface area contributed by atoms with Gasteiger partial charge in [0.15, 0.2) is 4.91 Å². The minimum absolute atomic E-state index is 0.0177. The van der Waals surface area contributed by atoms with Crippen LogP contribution < -0.4 is 4.90 Å². The first-order valence-electron chi connectivity index (χ1n) is 7.16. The summed E-state index contributed by atoms with van der Waals surface area (Å²) in [6.45, 7) is 1.57. The molecule has 3 rings (SSSR count). The number of nitrogens with zero attached hydrogens (tertiary/aromatic N) is 1. The van der Waals surface area contributed by atoms with Crippen LogP contribution in [0, 0.1) is 18.6 Å². The third-order valence-electron chi connectivity index (χ3n) is 3.83. The average molecular weight is 365 g/mol. The van der Waals surface area contributed by atoms with Crippen molar-refractivity contribution in [3.8, 4) is 0 Å². The van der Waals surface area contributed by atoms with E-state index in [9.17, 15) is 22.0 Å². The largest absolute Gasteiger partial charge is 0.465 e. The fourth-order valence-corrected chi connectivity index (χ4v) is 3.95. The maximum absolute atomic E-state index is 13.9. The lowest BCUT2D eigenvalue weighted by Gasteiger charge is -2.28. The van der Waals surface area contributed by atoms with Crippen molar-refractivity contribution in [2.45, 2.75) is 11.8 Å². The quantitative estimate of drug-likeness (QED) is 0.604. The Morgan fingerprint density at radius 3 is 2.48 bits per heavy atom. The predicted molar refractivity (Wildman–Crippen MR) is 87.0 cm³/mol. The number of aryl methyl sites for hydroxylation is 1. The molecule has 0 aliphatic carbocycles. The van der Waals surface area contributed by atoms with Crippen molar-refractivity contribution >= 4 is 27.2 Å². The number of esters is 1. The number of halogens is 2. The van der Waals surface area contributed by atoms with Gasteiger partial charge in [-0.1, -0.05) is 6.07 Å². The van der Waals surface area contributed by atoms with Gasteiger partial charge in [-0.25, -0.2) is 22.0 Å². The standard InChI is InChI=1S/C17H13F2NO4S/c1-10-3-5-12(8-13(10)19)20-9-16(17(21)24-2)25(22,23)15-6-4-11(18)7-14(15)20/h3-9H,1-2H3. The molecule has 0 saturated carbocycles. The van der Waals surface area contributed by atoms with Crippen LogP contribution in [0.2, 0.25) is 0 Å². The second-order valence-electron chi connectivity index (χ2n) is 5.40. The molecule has 0 saturated heterocycles. The van der Waals surface area contributed by atoms with Gasteiger partial charge in [-0.3, -0.25) is 0 Å². The molecular weight excluding hydrogens is 352 g/mol. The van der Waals surface area contributed by atoms with E-state index in [0.29, 0.717) is 5.56 Å². The molecule has 5 nitrogen and oxygen atoms in total. The third-order valence-corrected chi connectivity index (χ3v) is 5.60. The fourth-order valence-electron chi connectivity index (χ4n) is 2.49. The van der Waals surface area contributed by atoms with Crippen LogP contribution in [-0.2, 0) is 19.4 Å². The van der Waals surface area contributed by atoms with Crippen molar-refractivity contribution in [2.24, 2.45) is 0 Å². The number of sulfone groups is 1. The Balaban J connectivity index is 2.30. The van der Waals surface area contributed by atoms with Gasteiger partial charge in [-0.15, -0.1) is 0 Å². The normalized spacial score (nSPS) is 15.4. The zero-order valence-electron chi connectivity index (χ0n) is 13.3. The number of rotatable bonds is 2. The molecule has 0 bridgehead atoms. The molecule has 0 spiro atoms.